The Labute approximate surface area is 90.0 Å². The van der Waals surface area contributed by atoms with Crippen LogP contribution in [-0.4, -0.2) is 7.05 Å². The maximum atomic E-state index is 5.86. The molecule has 0 unspecified atom stereocenters. The first kappa shape index (κ1) is 9.06. The fourth-order valence-electron chi connectivity index (χ4n) is 1.05. The Kier molecular flexibility index (Phi) is 2.58. The normalized spacial score (nSPS) is 10.3. The van der Waals surface area contributed by atoms with Gasteiger partial charge in [0.1, 0.15) is 0 Å². The van der Waals surface area contributed by atoms with Crippen LogP contribution in [0.3, 0.4) is 0 Å². The molecule has 1 N–H and O–H groups in total. The number of thiophene rings is 2. The molecule has 68 valence electrons. The van der Waals surface area contributed by atoms with Gasteiger partial charge < -0.3 is 5.32 Å². The summed E-state index contributed by atoms with van der Waals surface area (Å²) >= 11 is 9.21. The second-order valence-corrected chi connectivity index (χ2v) is 5.32. The van der Waals surface area contributed by atoms with Crippen LogP contribution < -0.4 is 5.32 Å². The molecule has 4 heteroatoms. The molecule has 0 aromatic carbocycles. The van der Waals surface area contributed by atoms with Crippen LogP contribution in [-0.2, 0) is 0 Å². The second-order valence-electron chi connectivity index (χ2n) is 2.52. The van der Waals surface area contributed by atoms with Gasteiger partial charge in [-0.2, -0.15) is 0 Å². The van der Waals surface area contributed by atoms with E-state index in [0.717, 1.165) is 4.34 Å². The lowest BCUT2D eigenvalue weighted by molar-refractivity contribution is 1.60. The van der Waals surface area contributed by atoms with Crippen molar-refractivity contribution >= 4 is 39.3 Å². The van der Waals surface area contributed by atoms with E-state index >= 15 is 0 Å². The van der Waals surface area contributed by atoms with Crippen molar-refractivity contribution in [1.29, 1.82) is 0 Å². The van der Waals surface area contributed by atoms with Crippen molar-refractivity contribution in [3.05, 3.63) is 28.6 Å². The molecule has 2 aromatic heterocycles. The number of hydrogen-bond donors (Lipinski definition) is 1. The maximum absolute atomic E-state index is 5.86. The molecule has 0 bridgehead atoms. The summed E-state index contributed by atoms with van der Waals surface area (Å²) in [7, 11) is 1.93. The van der Waals surface area contributed by atoms with Gasteiger partial charge in [-0.25, -0.2) is 0 Å². The maximum Gasteiger partial charge on any atom is 0.0935 e. The Balaban J connectivity index is 2.35. The van der Waals surface area contributed by atoms with Crippen LogP contribution in [0, 0.1) is 0 Å². The quantitative estimate of drug-likeness (QED) is 0.815. The van der Waals surface area contributed by atoms with Crippen molar-refractivity contribution < 1.29 is 0 Å². The Morgan fingerprint density at radius 2 is 1.77 bits per heavy atom. The standard InChI is InChI=1S/C9H8ClNS2/c1-11-9-5-3-7(13-9)6-2-4-8(10)12-6/h2-5,11H,1H3. The summed E-state index contributed by atoms with van der Waals surface area (Å²) in [5, 5.41) is 4.29. The average molecular weight is 230 g/mol. The van der Waals surface area contributed by atoms with E-state index < -0.39 is 0 Å². The van der Waals surface area contributed by atoms with Gasteiger partial charge in [-0.1, -0.05) is 11.6 Å². The lowest BCUT2D eigenvalue weighted by atomic mass is 10.4. The molecule has 0 spiro atoms. The van der Waals surface area contributed by atoms with E-state index in [1.54, 1.807) is 22.7 Å². The number of nitrogens with one attached hydrogen (secondary N) is 1. The highest BCUT2D eigenvalue weighted by Gasteiger charge is 2.04. The summed E-state index contributed by atoms with van der Waals surface area (Å²) in [6.45, 7) is 0. The van der Waals surface area contributed by atoms with E-state index in [4.69, 9.17) is 11.6 Å². The van der Waals surface area contributed by atoms with Crippen LogP contribution in [0.15, 0.2) is 24.3 Å². The summed E-state index contributed by atoms with van der Waals surface area (Å²) in [5.41, 5.74) is 0. The molecule has 13 heavy (non-hydrogen) atoms. The fourth-order valence-corrected chi connectivity index (χ4v) is 3.04. The number of rotatable bonds is 2. The lowest BCUT2D eigenvalue weighted by Crippen LogP contribution is -1.79. The summed E-state index contributed by atoms with van der Waals surface area (Å²) in [6.07, 6.45) is 0. The predicted octanol–water partition coefficient (Wildman–Crippen LogP) is 4.17. The van der Waals surface area contributed by atoms with Gasteiger partial charge in [-0.15, -0.1) is 22.7 Å². The van der Waals surface area contributed by atoms with Gasteiger partial charge >= 0.3 is 0 Å². The van der Waals surface area contributed by atoms with E-state index in [1.165, 1.54) is 14.8 Å². The highest BCUT2D eigenvalue weighted by atomic mass is 35.5. The Morgan fingerprint density at radius 1 is 1.08 bits per heavy atom. The van der Waals surface area contributed by atoms with Crippen molar-refractivity contribution in [2.75, 3.05) is 12.4 Å². The molecule has 0 radical (unpaired) electrons. The van der Waals surface area contributed by atoms with E-state index in [0.29, 0.717) is 0 Å². The molecule has 0 fully saturated rings. The van der Waals surface area contributed by atoms with Gasteiger partial charge in [0.05, 0.1) is 9.34 Å². The molecular weight excluding hydrogens is 222 g/mol. The van der Waals surface area contributed by atoms with Crippen LogP contribution in [0.1, 0.15) is 0 Å². The lowest BCUT2D eigenvalue weighted by Gasteiger charge is -1.90. The summed E-state index contributed by atoms with van der Waals surface area (Å²) in [5.74, 6) is 0. The Morgan fingerprint density at radius 3 is 2.31 bits per heavy atom. The van der Waals surface area contributed by atoms with E-state index in [2.05, 4.69) is 23.5 Å². The van der Waals surface area contributed by atoms with Crippen molar-refractivity contribution in [3.63, 3.8) is 0 Å². The molecule has 0 amide bonds. The van der Waals surface area contributed by atoms with Gasteiger partial charge in [-0.05, 0) is 24.3 Å². The Hall–Kier alpha value is -0.510. The minimum atomic E-state index is 0.842. The molecular formula is C9H8ClNS2. The third-order valence-corrected chi connectivity index (χ3v) is 4.20. The van der Waals surface area contributed by atoms with E-state index in [9.17, 15) is 0 Å². The van der Waals surface area contributed by atoms with Crippen molar-refractivity contribution in [2.24, 2.45) is 0 Å². The third kappa shape index (κ3) is 1.88. The van der Waals surface area contributed by atoms with Crippen molar-refractivity contribution in [2.45, 2.75) is 0 Å². The third-order valence-electron chi connectivity index (χ3n) is 1.67. The Bertz CT molecular complexity index is 405. The molecule has 0 atom stereocenters. The number of hydrogen-bond acceptors (Lipinski definition) is 3. The van der Waals surface area contributed by atoms with Gasteiger partial charge in [-0.3, -0.25) is 0 Å². The summed E-state index contributed by atoms with van der Waals surface area (Å²) in [6, 6.07) is 8.17. The largest absolute Gasteiger partial charge is 0.380 e. The SMILES string of the molecule is CNc1ccc(-c2ccc(Cl)s2)s1. The van der Waals surface area contributed by atoms with Crippen LogP contribution in [0.5, 0.6) is 0 Å². The fraction of sp³-hybridized carbons (Fsp3) is 0.111. The first-order valence-corrected chi connectivity index (χ1v) is 5.84. The highest BCUT2D eigenvalue weighted by Crippen LogP contribution is 2.36. The number of halogens is 1. The van der Waals surface area contributed by atoms with E-state index in [-0.39, 0.29) is 0 Å². The summed E-state index contributed by atoms with van der Waals surface area (Å²) in [4.78, 5) is 2.50. The predicted molar refractivity (Wildman–Crippen MR) is 62.2 cm³/mol. The molecule has 1 nitrogen and oxygen atoms in total. The molecule has 2 rings (SSSR count). The van der Waals surface area contributed by atoms with Crippen LogP contribution in [0.4, 0.5) is 5.00 Å². The molecule has 0 aliphatic carbocycles. The molecule has 2 aromatic rings. The zero-order chi connectivity index (χ0) is 9.26. The molecule has 2 heterocycles. The van der Waals surface area contributed by atoms with Crippen LogP contribution >= 0.6 is 34.3 Å². The van der Waals surface area contributed by atoms with Crippen LogP contribution in [0.2, 0.25) is 4.34 Å². The topological polar surface area (TPSA) is 12.0 Å². The minimum absolute atomic E-state index is 0.842. The molecule has 0 saturated carbocycles. The van der Waals surface area contributed by atoms with Gasteiger partial charge in [0.15, 0.2) is 0 Å². The van der Waals surface area contributed by atoms with Crippen LogP contribution in [0.25, 0.3) is 9.75 Å². The zero-order valence-electron chi connectivity index (χ0n) is 7.00. The molecule has 0 aliphatic rings. The van der Waals surface area contributed by atoms with E-state index in [1.807, 2.05) is 13.1 Å². The second kappa shape index (κ2) is 3.70. The average Bonchev–Trinajstić information content (AvgIpc) is 2.71. The molecule has 0 saturated heterocycles. The van der Waals surface area contributed by atoms with Gasteiger partial charge in [0, 0.05) is 16.8 Å². The molecule has 0 aliphatic heterocycles. The summed E-state index contributed by atoms with van der Waals surface area (Å²) < 4.78 is 0.842. The minimum Gasteiger partial charge on any atom is -0.380 e. The van der Waals surface area contributed by atoms with Gasteiger partial charge in [0.2, 0.25) is 0 Å². The monoisotopic (exact) mass is 229 g/mol. The first-order valence-electron chi connectivity index (χ1n) is 3.83. The number of anilines is 1. The zero-order valence-corrected chi connectivity index (χ0v) is 9.39. The van der Waals surface area contributed by atoms with Gasteiger partial charge in [0.25, 0.3) is 0 Å². The van der Waals surface area contributed by atoms with Crippen molar-refractivity contribution in [1.82, 2.24) is 0 Å². The smallest absolute Gasteiger partial charge is 0.0935 e. The van der Waals surface area contributed by atoms with Crippen molar-refractivity contribution in [3.8, 4) is 9.75 Å². The highest BCUT2D eigenvalue weighted by molar-refractivity contribution is 7.25. The first-order chi connectivity index (χ1) is 6.29.